The Balaban J connectivity index is 2.84. The highest BCUT2D eigenvalue weighted by molar-refractivity contribution is 7.80. The molecule has 0 fully saturated rings. The number of aromatic hydroxyl groups is 1. The van der Waals surface area contributed by atoms with Gasteiger partial charge in [-0.25, -0.2) is 0 Å². The molecular formula is C9H12N2O2S. The van der Waals surface area contributed by atoms with E-state index in [1.165, 1.54) is 6.07 Å². The Morgan fingerprint density at radius 1 is 1.64 bits per heavy atom. The molecule has 0 aliphatic rings. The Labute approximate surface area is 87.7 Å². The molecule has 76 valence electrons. The van der Waals surface area contributed by atoms with Crippen LogP contribution in [-0.2, 0) is 0 Å². The first-order valence-corrected chi connectivity index (χ1v) is 4.56. The molecule has 4 N–H and O–H groups in total. The van der Waals surface area contributed by atoms with E-state index in [-0.39, 0.29) is 10.9 Å². The number of hydrogen-bond donors (Lipinski definition) is 3. The Kier molecular flexibility index (Phi) is 3.53. The van der Waals surface area contributed by atoms with Crippen molar-refractivity contribution in [3.05, 3.63) is 18.2 Å². The predicted octanol–water partition coefficient (Wildman–Crippen LogP) is 1.45. The van der Waals surface area contributed by atoms with E-state index in [0.29, 0.717) is 18.0 Å². The molecular weight excluding hydrogens is 200 g/mol. The number of rotatable bonds is 3. The minimum atomic E-state index is 0.0590. The smallest absolute Gasteiger partial charge is 0.168 e. The average molecular weight is 212 g/mol. The van der Waals surface area contributed by atoms with Gasteiger partial charge in [-0.15, -0.1) is 0 Å². The Bertz CT molecular complexity index is 342. The van der Waals surface area contributed by atoms with E-state index in [1.54, 1.807) is 12.1 Å². The number of phenolic OH excluding ortho intramolecular Hbond substituents is 1. The van der Waals surface area contributed by atoms with Crippen LogP contribution in [0.4, 0.5) is 5.69 Å². The monoisotopic (exact) mass is 212 g/mol. The van der Waals surface area contributed by atoms with Crippen LogP contribution in [0.15, 0.2) is 18.2 Å². The minimum absolute atomic E-state index is 0.0590. The van der Waals surface area contributed by atoms with Crippen LogP contribution < -0.4 is 15.8 Å². The van der Waals surface area contributed by atoms with Gasteiger partial charge < -0.3 is 20.9 Å². The van der Waals surface area contributed by atoms with Gasteiger partial charge in [-0.1, -0.05) is 0 Å². The van der Waals surface area contributed by atoms with Gasteiger partial charge in [-0.2, -0.15) is 0 Å². The molecule has 4 nitrogen and oxygen atoms in total. The summed E-state index contributed by atoms with van der Waals surface area (Å²) in [5.74, 6) is 0.669. The van der Waals surface area contributed by atoms with Crippen LogP contribution in [0, 0.1) is 0 Å². The quantitative estimate of drug-likeness (QED) is 0.522. The maximum absolute atomic E-state index is 9.51. The maximum Gasteiger partial charge on any atom is 0.168 e. The van der Waals surface area contributed by atoms with Crippen LogP contribution in [0.5, 0.6) is 11.5 Å². The molecule has 0 unspecified atom stereocenters. The first kappa shape index (κ1) is 10.6. The van der Waals surface area contributed by atoms with Gasteiger partial charge in [0, 0.05) is 6.07 Å². The van der Waals surface area contributed by atoms with Crippen LogP contribution >= 0.6 is 12.2 Å². The summed E-state index contributed by atoms with van der Waals surface area (Å²) in [6.45, 7) is 2.43. The number of anilines is 1. The summed E-state index contributed by atoms with van der Waals surface area (Å²) < 4.78 is 5.19. The van der Waals surface area contributed by atoms with Crippen molar-refractivity contribution >= 4 is 23.0 Å². The van der Waals surface area contributed by atoms with Crippen molar-refractivity contribution < 1.29 is 9.84 Å². The summed E-state index contributed by atoms with van der Waals surface area (Å²) in [6, 6.07) is 4.88. The largest absolute Gasteiger partial charge is 0.506 e. The number of nitrogens with one attached hydrogen (secondary N) is 1. The summed E-state index contributed by atoms with van der Waals surface area (Å²) in [4.78, 5) is 0. The molecule has 0 amide bonds. The second kappa shape index (κ2) is 4.66. The number of thiocarbonyl (C=S) groups is 1. The summed E-state index contributed by atoms with van der Waals surface area (Å²) in [6.07, 6.45) is 0. The van der Waals surface area contributed by atoms with Gasteiger partial charge in [-0.3, -0.25) is 0 Å². The fraction of sp³-hybridized carbons (Fsp3) is 0.222. The SMILES string of the molecule is CCOc1ccc(NC(N)=S)c(O)c1. The summed E-state index contributed by atoms with van der Waals surface area (Å²) in [7, 11) is 0. The van der Waals surface area contributed by atoms with E-state index in [2.05, 4.69) is 17.5 Å². The molecule has 1 aromatic carbocycles. The minimum Gasteiger partial charge on any atom is -0.506 e. The molecule has 1 aromatic rings. The zero-order valence-electron chi connectivity index (χ0n) is 7.78. The third kappa shape index (κ3) is 2.77. The predicted molar refractivity (Wildman–Crippen MR) is 59.7 cm³/mol. The van der Waals surface area contributed by atoms with Gasteiger partial charge in [0.2, 0.25) is 0 Å². The lowest BCUT2D eigenvalue weighted by Crippen LogP contribution is -2.18. The third-order valence-electron chi connectivity index (χ3n) is 1.54. The molecule has 0 saturated heterocycles. The van der Waals surface area contributed by atoms with Gasteiger partial charge in [0.25, 0.3) is 0 Å². The molecule has 1 rings (SSSR count). The van der Waals surface area contributed by atoms with Crippen LogP contribution in [0.2, 0.25) is 0 Å². The van der Waals surface area contributed by atoms with Crippen LogP contribution in [0.1, 0.15) is 6.92 Å². The molecule has 0 radical (unpaired) electrons. The van der Waals surface area contributed by atoms with Gasteiger partial charge in [0.15, 0.2) is 5.11 Å². The second-order valence-electron chi connectivity index (χ2n) is 2.60. The van der Waals surface area contributed by atoms with Crippen molar-refractivity contribution in [3.63, 3.8) is 0 Å². The highest BCUT2D eigenvalue weighted by Gasteiger charge is 2.02. The summed E-state index contributed by atoms with van der Waals surface area (Å²) >= 11 is 4.65. The molecule has 0 atom stereocenters. The van der Waals surface area contributed by atoms with E-state index in [4.69, 9.17) is 10.5 Å². The van der Waals surface area contributed by atoms with Crippen LogP contribution in [0.25, 0.3) is 0 Å². The molecule has 14 heavy (non-hydrogen) atoms. The zero-order chi connectivity index (χ0) is 10.6. The zero-order valence-corrected chi connectivity index (χ0v) is 8.60. The van der Waals surface area contributed by atoms with Crippen molar-refractivity contribution in [1.82, 2.24) is 0 Å². The first-order valence-electron chi connectivity index (χ1n) is 4.15. The Morgan fingerprint density at radius 2 is 2.36 bits per heavy atom. The van der Waals surface area contributed by atoms with E-state index in [9.17, 15) is 5.11 Å². The van der Waals surface area contributed by atoms with Crippen LogP contribution in [-0.4, -0.2) is 16.8 Å². The molecule has 0 aliphatic heterocycles. The van der Waals surface area contributed by atoms with Crippen molar-refractivity contribution in [2.24, 2.45) is 5.73 Å². The topological polar surface area (TPSA) is 67.5 Å². The van der Waals surface area contributed by atoms with Gasteiger partial charge in [0.1, 0.15) is 11.5 Å². The first-order chi connectivity index (χ1) is 6.63. The molecule has 0 aromatic heterocycles. The highest BCUT2D eigenvalue weighted by Crippen LogP contribution is 2.27. The molecule has 0 saturated carbocycles. The number of phenols is 1. The van der Waals surface area contributed by atoms with Crippen LogP contribution in [0.3, 0.4) is 0 Å². The van der Waals surface area contributed by atoms with Gasteiger partial charge in [0.05, 0.1) is 12.3 Å². The Morgan fingerprint density at radius 3 is 2.86 bits per heavy atom. The lowest BCUT2D eigenvalue weighted by Gasteiger charge is -2.08. The summed E-state index contributed by atoms with van der Waals surface area (Å²) in [5.41, 5.74) is 5.74. The van der Waals surface area contributed by atoms with E-state index < -0.39 is 0 Å². The molecule has 0 aliphatic carbocycles. The molecule has 0 spiro atoms. The van der Waals surface area contributed by atoms with E-state index in [0.717, 1.165) is 0 Å². The summed E-state index contributed by atoms with van der Waals surface area (Å²) in [5, 5.41) is 12.3. The normalized spacial score (nSPS) is 9.50. The van der Waals surface area contributed by atoms with E-state index >= 15 is 0 Å². The fourth-order valence-corrected chi connectivity index (χ4v) is 1.12. The highest BCUT2D eigenvalue weighted by atomic mass is 32.1. The number of hydrogen-bond acceptors (Lipinski definition) is 3. The number of benzene rings is 1. The van der Waals surface area contributed by atoms with Gasteiger partial charge >= 0.3 is 0 Å². The third-order valence-corrected chi connectivity index (χ3v) is 1.64. The lowest BCUT2D eigenvalue weighted by molar-refractivity contribution is 0.338. The van der Waals surface area contributed by atoms with E-state index in [1.807, 2.05) is 6.92 Å². The van der Waals surface area contributed by atoms with Crippen molar-refractivity contribution in [2.75, 3.05) is 11.9 Å². The second-order valence-corrected chi connectivity index (χ2v) is 3.04. The fourth-order valence-electron chi connectivity index (χ4n) is 1.01. The Hall–Kier alpha value is -1.49. The van der Waals surface area contributed by atoms with Crippen molar-refractivity contribution in [1.29, 1.82) is 0 Å². The van der Waals surface area contributed by atoms with Gasteiger partial charge in [-0.05, 0) is 31.3 Å². The molecule has 0 heterocycles. The number of nitrogens with two attached hydrogens (primary N) is 1. The van der Waals surface area contributed by atoms with Crippen molar-refractivity contribution in [3.8, 4) is 11.5 Å². The maximum atomic E-state index is 9.51. The standard InChI is InChI=1S/C9H12N2O2S/c1-2-13-6-3-4-7(8(12)5-6)11-9(10)14/h3-5,12H,2H2,1H3,(H3,10,11,14). The lowest BCUT2D eigenvalue weighted by atomic mass is 10.3. The van der Waals surface area contributed by atoms with Crippen molar-refractivity contribution in [2.45, 2.75) is 6.92 Å². The molecule has 0 bridgehead atoms. The average Bonchev–Trinajstić information content (AvgIpc) is 2.10. The molecule has 5 heteroatoms. The number of ether oxygens (including phenoxy) is 1.